The van der Waals surface area contributed by atoms with Crippen molar-refractivity contribution < 1.29 is 32.2 Å². The van der Waals surface area contributed by atoms with E-state index < -0.39 is 29.6 Å². The second-order valence-corrected chi connectivity index (χ2v) is 8.53. The number of halogens is 3. The van der Waals surface area contributed by atoms with Crippen molar-refractivity contribution >= 4 is 17.8 Å². The Bertz CT molecular complexity index is 1070. The number of ether oxygens (including phenoxy) is 2. The van der Waals surface area contributed by atoms with Crippen molar-refractivity contribution in [2.24, 2.45) is 5.92 Å². The van der Waals surface area contributed by atoms with Gasteiger partial charge in [0.05, 0.1) is 26.2 Å². The van der Waals surface area contributed by atoms with E-state index in [4.69, 9.17) is 14.9 Å². The molecular formula is C25H31F3N4O4. The molecule has 0 saturated heterocycles. The number of hydrogen-bond acceptors (Lipinski definition) is 5. The molecule has 2 aromatic rings. The van der Waals surface area contributed by atoms with Crippen LogP contribution >= 0.6 is 0 Å². The zero-order chi connectivity index (χ0) is 26.9. The van der Waals surface area contributed by atoms with Gasteiger partial charge in [-0.1, -0.05) is 32.0 Å². The number of rotatable bonds is 10. The second kappa shape index (κ2) is 12.8. The predicted octanol–water partition coefficient (Wildman–Crippen LogP) is 3.64. The number of amides is 2. The van der Waals surface area contributed by atoms with Crippen LogP contribution in [-0.4, -0.2) is 38.0 Å². The highest BCUT2D eigenvalue weighted by molar-refractivity contribution is 5.98. The molecule has 2 rings (SSSR count). The van der Waals surface area contributed by atoms with Crippen LogP contribution in [0.1, 0.15) is 37.0 Å². The number of guanidine groups is 1. The van der Waals surface area contributed by atoms with E-state index in [2.05, 4.69) is 16.0 Å². The first-order valence-electron chi connectivity index (χ1n) is 11.2. The van der Waals surface area contributed by atoms with E-state index in [0.717, 1.165) is 12.1 Å². The molecule has 0 radical (unpaired) electrons. The van der Waals surface area contributed by atoms with Crippen molar-refractivity contribution in [3.05, 3.63) is 59.2 Å². The summed E-state index contributed by atoms with van der Waals surface area (Å²) in [5, 5.41) is 15.8. The summed E-state index contributed by atoms with van der Waals surface area (Å²) in [6, 6.07) is 8.83. The third kappa shape index (κ3) is 8.79. The fourth-order valence-corrected chi connectivity index (χ4v) is 3.44. The molecule has 8 nitrogen and oxygen atoms in total. The molecule has 0 aromatic heterocycles. The largest absolute Gasteiger partial charge is 0.493 e. The van der Waals surface area contributed by atoms with Gasteiger partial charge in [-0.3, -0.25) is 20.3 Å². The van der Waals surface area contributed by atoms with Crippen LogP contribution in [0.15, 0.2) is 42.5 Å². The van der Waals surface area contributed by atoms with Crippen LogP contribution in [0.4, 0.5) is 13.2 Å². The van der Waals surface area contributed by atoms with Gasteiger partial charge in [0.1, 0.15) is 6.04 Å². The Labute approximate surface area is 208 Å². The van der Waals surface area contributed by atoms with Gasteiger partial charge in [0.2, 0.25) is 11.8 Å². The van der Waals surface area contributed by atoms with Gasteiger partial charge in [-0.15, -0.1) is 0 Å². The van der Waals surface area contributed by atoms with E-state index in [-0.39, 0.29) is 24.8 Å². The normalized spacial score (nSPS) is 12.0. The molecule has 36 heavy (non-hydrogen) atoms. The highest BCUT2D eigenvalue weighted by Gasteiger charge is 2.30. The SMILES string of the molecule is COc1ccc(CC(=O)NC(=N)N[C@H](CC(C)C)C(=O)NCc2cccc(C(F)(F)F)c2)cc1OC. The Morgan fingerprint density at radius 1 is 1.00 bits per heavy atom. The first kappa shape index (κ1) is 28.5. The topological polar surface area (TPSA) is 113 Å². The average molecular weight is 509 g/mol. The van der Waals surface area contributed by atoms with Gasteiger partial charge in [0.25, 0.3) is 0 Å². The molecule has 0 spiro atoms. The van der Waals surface area contributed by atoms with Gasteiger partial charge in [0, 0.05) is 6.54 Å². The fourth-order valence-electron chi connectivity index (χ4n) is 3.44. The number of nitrogens with one attached hydrogen (secondary N) is 4. The van der Waals surface area contributed by atoms with Crippen LogP contribution in [0.25, 0.3) is 0 Å². The summed E-state index contributed by atoms with van der Waals surface area (Å²) in [5.74, 6) is -0.293. The predicted molar refractivity (Wildman–Crippen MR) is 129 cm³/mol. The summed E-state index contributed by atoms with van der Waals surface area (Å²) in [4.78, 5) is 25.2. The monoisotopic (exact) mass is 508 g/mol. The Morgan fingerprint density at radius 2 is 1.69 bits per heavy atom. The van der Waals surface area contributed by atoms with Crippen molar-refractivity contribution in [1.82, 2.24) is 16.0 Å². The van der Waals surface area contributed by atoms with Crippen LogP contribution in [0.3, 0.4) is 0 Å². The third-order valence-corrected chi connectivity index (χ3v) is 5.14. The molecule has 196 valence electrons. The number of carbonyl (C=O) groups is 2. The van der Waals surface area contributed by atoms with Gasteiger partial charge in [-0.2, -0.15) is 13.2 Å². The summed E-state index contributed by atoms with van der Waals surface area (Å²) < 4.78 is 49.2. The maximum atomic E-state index is 12.9. The molecule has 2 aromatic carbocycles. The summed E-state index contributed by atoms with van der Waals surface area (Å²) in [6.45, 7) is 3.65. The zero-order valence-electron chi connectivity index (χ0n) is 20.6. The number of methoxy groups -OCH3 is 2. The number of alkyl halides is 3. The van der Waals surface area contributed by atoms with E-state index >= 15 is 0 Å². The number of hydrogen-bond donors (Lipinski definition) is 4. The third-order valence-electron chi connectivity index (χ3n) is 5.14. The quantitative estimate of drug-likeness (QED) is 0.289. The molecular weight excluding hydrogens is 477 g/mol. The lowest BCUT2D eigenvalue weighted by molar-refractivity contribution is -0.137. The Morgan fingerprint density at radius 3 is 2.31 bits per heavy atom. The first-order valence-corrected chi connectivity index (χ1v) is 11.2. The first-order chi connectivity index (χ1) is 16.9. The molecule has 1 atom stereocenters. The summed E-state index contributed by atoms with van der Waals surface area (Å²) in [6.07, 6.45) is -4.19. The maximum Gasteiger partial charge on any atom is 0.416 e. The van der Waals surface area contributed by atoms with Crippen LogP contribution in [0.5, 0.6) is 11.5 Å². The molecule has 0 unspecified atom stereocenters. The highest BCUT2D eigenvalue weighted by Crippen LogP contribution is 2.29. The fraction of sp³-hybridized carbons (Fsp3) is 0.400. The minimum atomic E-state index is -4.48. The van der Waals surface area contributed by atoms with Crippen molar-refractivity contribution in [3.8, 4) is 11.5 Å². The van der Waals surface area contributed by atoms with Crippen molar-refractivity contribution in [1.29, 1.82) is 5.41 Å². The Hall–Kier alpha value is -3.76. The lowest BCUT2D eigenvalue weighted by Gasteiger charge is -2.22. The van der Waals surface area contributed by atoms with E-state index in [9.17, 15) is 22.8 Å². The number of benzene rings is 2. The van der Waals surface area contributed by atoms with Crippen molar-refractivity contribution in [2.75, 3.05) is 14.2 Å². The summed E-state index contributed by atoms with van der Waals surface area (Å²) >= 11 is 0. The number of carbonyl (C=O) groups excluding carboxylic acids is 2. The molecule has 2 amide bonds. The average Bonchev–Trinajstić information content (AvgIpc) is 2.81. The van der Waals surface area contributed by atoms with Gasteiger partial charge in [-0.05, 0) is 47.7 Å². The van der Waals surface area contributed by atoms with Crippen LogP contribution in [0, 0.1) is 11.3 Å². The van der Waals surface area contributed by atoms with E-state index in [1.54, 1.807) is 18.2 Å². The Balaban J connectivity index is 1.97. The summed E-state index contributed by atoms with van der Waals surface area (Å²) in [5.41, 5.74) is 0.125. The standard InChI is InChI=1S/C25H31F3N4O4/c1-15(2)10-19(23(34)30-14-17-6-5-7-18(11-17)25(26,27)28)31-24(29)32-22(33)13-16-8-9-20(35-3)21(12-16)36-4/h5-9,11-12,15,19H,10,13-14H2,1-4H3,(H,30,34)(H3,29,31,32,33)/t19-/m1/s1. The van der Waals surface area contributed by atoms with E-state index in [0.29, 0.717) is 29.0 Å². The molecule has 0 bridgehead atoms. The van der Waals surface area contributed by atoms with Gasteiger partial charge in [-0.25, -0.2) is 0 Å². The van der Waals surface area contributed by atoms with Gasteiger partial charge in [0.15, 0.2) is 17.5 Å². The van der Waals surface area contributed by atoms with Crippen LogP contribution < -0.4 is 25.4 Å². The van der Waals surface area contributed by atoms with Gasteiger partial charge >= 0.3 is 6.18 Å². The summed E-state index contributed by atoms with van der Waals surface area (Å²) in [7, 11) is 2.98. The second-order valence-electron chi connectivity index (χ2n) is 8.53. The lowest BCUT2D eigenvalue weighted by Crippen LogP contribution is -2.52. The molecule has 0 heterocycles. The van der Waals surface area contributed by atoms with Gasteiger partial charge < -0.3 is 20.1 Å². The smallest absolute Gasteiger partial charge is 0.416 e. The van der Waals surface area contributed by atoms with Crippen molar-refractivity contribution in [3.63, 3.8) is 0 Å². The van der Waals surface area contributed by atoms with Crippen LogP contribution in [-0.2, 0) is 28.7 Å². The molecule has 4 N–H and O–H groups in total. The molecule has 0 fully saturated rings. The zero-order valence-corrected chi connectivity index (χ0v) is 20.6. The lowest BCUT2D eigenvalue weighted by atomic mass is 10.0. The highest BCUT2D eigenvalue weighted by atomic mass is 19.4. The molecule has 0 saturated carbocycles. The molecule has 0 aliphatic heterocycles. The molecule has 0 aliphatic carbocycles. The van der Waals surface area contributed by atoms with Crippen molar-refractivity contribution in [2.45, 2.75) is 45.5 Å². The van der Waals surface area contributed by atoms with Crippen LogP contribution in [0.2, 0.25) is 0 Å². The minimum Gasteiger partial charge on any atom is -0.493 e. The minimum absolute atomic E-state index is 0.0407. The molecule has 11 heteroatoms. The Kier molecular flexibility index (Phi) is 10.1. The molecule has 0 aliphatic rings. The maximum absolute atomic E-state index is 12.9. The van der Waals surface area contributed by atoms with E-state index in [1.165, 1.54) is 26.4 Å². The van der Waals surface area contributed by atoms with E-state index in [1.807, 2.05) is 13.8 Å².